The van der Waals surface area contributed by atoms with E-state index in [0.29, 0.717) is 11.1 Å². The van der Waals surface area contributed by atoms with Gasteiger partial charge >= 0.3 is 5.97 Å². The van der Waals surface area contributed by atoms with Crippen molar-refractivity contribution in [2.75, 3.05) is 7.11 Å². The fraction of sp³-hybridized carbons (Fsp3) is 0.167. The molecule has 0 spiro atoms. The highest BCUT2D eigenvalue weighted by Gasteiger charge is 2.13. The maximum Gasteiger partial charge on any atom is 0.346 e. The molecule has 1 aromatic carbocycles. The molecule has 0 saturated carbocycles. The summed E-state index contributed by atoms with van der Waals surface area (Å²) in [4.78, 5) is 10.8. The minimum atomic E-state index is -1.28. The molecule has 17 heavy (non-hydrogen) atoms. The first-order chi connectivity index (χ1) is 8.01. The van der Waals surface area contributed by atoms with Crippen molar-refractivity contribution >= 4 is 11.5 Å². The minimum Gasteiger partial charge on any atom is -0.504 e. The molecule has 0 aromatic heterocycles. The lowest BCUT2D eigenvalue weighted by Crippen LogP contribution is -2.01. The Morgan fingerprint density at radius 3 is 2.59 bits per heavy atom. The second kappa shape index (κ2) is 5.03. The van der Waals surface area contributed by atoms with E-state index < -0.39 is 5.97 Å². The number of benzene rings is 1. The number of ether oxygens (including phenoxy) is 1. The Hall–Kier alpha value is -2.48. The molecule has 0 bridgehead atoms. The van der Waals surface area contributed by atoms with E-state index in [4.69, 9.17) is 15.1 Å². The molecule has 1 rings (SSSR count). The first-order valence-electron chi connectivity index (χ1n) is 4.73. The van der Waals surface area contributed by atoms with Crippen LogP contribution in [0.2, 0.25) is 0 Å². The van der Waals surface area contributed by atoms with Gasteiger partial charge in [0.25, 0.3) is 0 Å². The number of carboxylic acids is 1. The van der Waals surface area contributed by atoms with Crippen LogP contribution in [0.25, 0.3) is 5.57 Å². The molecule has 0 heterocycles. The van der Waals surface area contributed by atoms with Gasteiger partial charge in [-0.05, 0) is 30.2 Å². The zero-order valence-electron chi connectivity index (χ0n) is 9.39. The van der Waals surface area contributed by atoms with E-state index in [2.05, 4.69) is 0 Å². The molecule has 0 atom stereocenters. The topological polar surface area (TPSA) is 90.5 Å². The zero-order chi connectivity index (χ0) is 13.0. The fourth-order valence-electron chi connectivity index (χ4n) is 1.35. The summed E-state index contributed by atoms with van der Waals surface area (Å²) in [6.45, 7) is 1.53. The number of nitrogens with zero attached hydrogens (tertiary/aromatic N) is 1. The third-order valence-electron chi connectivity index (χ3n) is 2.31. The summed E-state index contributed by atoms with van der Waals surface area (Å²) in [7, 11) is 1.39. The smallest absolute Gasteiger partial charge is 0.346 e. The van der Waals surface area contributed by atoms with Crippen molar-refractivity contribution in [1.29, 1.82) is 5.26 Å². The SMILES string of the molecule is COc1cc(/C(C)=C(\C#N)C(=O)O)ccc1O. The summed E-state index contributed by atoms with van der Waals surface area (Å²) >= 11 is 0. The van der Waals surface area contributed by atoms with Crippen LogP contribution >= 0.6 is 0 Å². The Bertz CT molecular complexity index is 526. The lowest BCUT2D eigenvalue weighted by molar-refractivity contribution is -0.132. The van der Waals surface area contributed by atoms with Crippen LogP contribution in [0.15, 0.2) is 23.8 Å². The van der Waals surface area contributed by atoms with Crippen LogP contribution in [0.4, 0.5) is 0 Å². The van der Waals surface area contributed by atoms with E-state index in [9.17, 15) is 9.90 Å². The Labute approximate surface area is 98.2 Å². The molecule has 88 valence electrons. The molecule has 0 unspecified atom stereocenters. The average molecular weight is 233 g/mol. The normalized spacial score (nSPS) is 11.4. The number of methoxy groups -OCH3 is 1. The summed E-state index contributed by atoms with van der Waals surface area (Å²) in [6.07, 6.45) is 0. The molecule has 0 aliphatic carbocycles. The molecular formula is C12H11NO4. The number of rotatable bonds is 3. The van der Waals surface area contributed by atoms with Crippen molar-refractivity contribution in [3.63, 3.8) is 0 Å². The highest BCUT2D eigenvalue weighted by molar-refractivity contribution is 6.00. The van der Waals surface area contributed by atoms with Crippen LogP contribution in [-0.2, 0) is 4.79 Å². The third-order valence-corrected chi connectivity index (χ3v) is 2.31. The van der Waals surface area contributed by atoms with E-state index in [-0.39, 0.29) is 17.1 Å². The summed E-state index contributed by atoms with van der Waals surface area (Å²) < 4.78 is 4.91. The monoisotopic (exact) mass is 233 g/mol. The summed E-state index contributed by atoms with van der Waals surface area (Å²) in [6, 6.07) is 6.01. The number of carboxylic acid groups (broad SMARTS) is 1. The fourth-order valence-corrected chi connectivity index (χ4v) is 1.35. The maximum absolute atomic E-state index is 10.8. The lowest BCUT2D eigenvalue weighted by atomic mass is 10.0. The summed E-state index contributed by atoms with van der Waals surface area (Å²) in [5.41, 5.74) is 0.495. The van der Waals surface area contributed by atoms with Crippen molar-refractivity contribution in [3.8, 4) is 17.6 Å². The number of phenols is 1. The molecular weight excluding hydrogens is 222 g/mol. The Balaban J connectivity index is 3.35. The van der Waals surface area contributed by atoms with Gasteiger partial charge in [0.05, 0.1) is 7.11 Å². The Kier molecular flexibility index (Phi) is 3.73. The van der Waals surface area contributed by atoms with Crippen molar-refractivity contribution in [2.24, 2.45) is 0 Å². The number of hydrogen-bond donors (Lipinski definition) is 2. The lowest BCUT2D eigenvalue weighted by Gasteiger charge is -2.07. The van der Waals surface area contributed by atoms with E-state index in [1.165, 1.54) is 32.2 Å². The number of hydrogen-bond acceptors (Lipinski definition) is 4. The largest absolute Gasteiger partial charge is 0.504 e. The molecule has 5 heteroatoms. The predicted octanol–water partition coefficient (Wildman–Crippen LogP) is 1.78. The Morgan fingerprint density at radius 1 is 1.47 bits per heavy atom. The van der Waals surface area contributed by atoms with Gasteiger partial charge in [-0.1, -0.05) is 6.07 Å². The average Bonchev–Trinajstić information content (AvgIpc) is 2.29. The Morgan fingerprint density at radius 2 is 2.12 bits per heavy atom. The number of nitriles is 1. The van der Waals surface area contributed by atoms with Gasteiger partial charge in [0.2, 0.25) is 0 Å². The van der Waals surface area contributed by atoms with Gasteiger partial charge in [-0.15, -0.1) is 0 Å². The molecule has 0 aliphatic heterocycles. The molecule has 0 saturated heterocycles. The number of phenolic OH excluding ortho intramolecular Hbond substituents is 1. The van der Waals surface area contributed by atoms with Gasteiger partial charge in [-0.3, -0.25) is 0 Å². The number of aliphatic carboxylic acids is 1. The summed E-state index contributed by atoms with van der Waals surface area (Å²) in [5.74, 6) is -1.10. The second-order valence-corrected chi connectivity index (χ2v) is 3.30. The number of carbonyl (C=O) groups is 1. The maximum atomic E-state index is 10.8. The third kappa shape index (κ3) is 2.55. The van der Waals surface area contributed by atoms with E-state index in [1.54, 1.807) is 6.07 Å². The van der Waals surface area contributed by atoms with Crippen molar-refractivity contribution < 1.29 is 19.7 Å². The van der Waals surface area contributed by atoms with Crippen LogP contribution in [0.3, 0.4) is 0 Å². The minimum absolute atomic E-state index is 0.0436. The van der Waals surface area contributed by atoms with Crippen molar-refractivity contribution in [2.45, 2.75) is 6.92 Å². The molecule has 0 aliphatic rings. The first kappa shape index (κ1) is 12.6. The van der Waals surface area contributed by atoms with Crippen LogP contribution in [0, 0.1) is 11.3 Å². The van der Waals surface area contributed by atoms with Crippen LogP contribution in [-0.4, -0.2) is 23.3 Å². The zero-order valence-corrected chi connectivity index (χ0v) is 9.39. The number of aromatic hydroxyl groups is 1. The van der Waals surface area contributed by atoms with Crippen LogP contribution < -0.4 is 4.74 Å². The van der Waals surface area contributed by atoms with E-state index in [0.717, 1.165) is 0 Å². The molecule has 0 radical (unpaired) electrons. The predicted molar refractivity (Wildman–Crippen MR) is 60.5 cm³/mol. The molecule has 5 nitrogen and oxygen atoms in total. The first-order valence-corrected chi connectivity index (χ1v) is 4.73. The van der Waals surface area contributed by atoms with Gasteiger partial charge in [0, 0.05) is 0 Å². The van der Waals surface area contributed by atoms with E-state index >= 15 is 0 Å². The van der Waals surface area contributed by atoms with Crippen molar-refractivity contribution in [3.05, 3.63) is 29.3 Å². The van der Waals surface area contributed by atoms with Gasteiger partial charge < -0.3 is 14.9 Å². The van der Waals surface area contributed by atoms with E-state index in [1.807, 2.05) is 0 Å². The van der Waals surface area contributed by atoms with Gasteiger partial charge in [0.15, 0.2) is 11.5 Å². The quantitative estimate of drug-likeness (QED) is 0.613. The molecule has 1 aromatic rings. The number of allylic oxidation sites excluding steroid dienone is 1. The van der Waals surface area contributed by atoms with Gasteiger partial charge in [-0.2, -0.15) is 5.26 Å². The highest BCUT2D eigenvalue weighted by Crippen LogP contribution is 2.30. The standard InChI is InChI=1S/C12H11NO4/c1-7(9(6-13)12(15)16)8-3-4-10(14)11(5-8)17-2/h3-5,14H,1-2H3,(H,15,16)/b9-7+. The highest BCUT2D eigenvalue weighted by atomic mass is 16.5. The summed E-state index contributed by atoms with van der Waals surface area (Å²) in [5, 5.41) is 27.0. The van der Waals surface area contributed by atoms with Gasteiger partial charge in [0.1, 0.15) is 11.6 Å². The van der Waals surface area contributed by atoms with Crippen molar-refractivity contribution in [1.82, 2.24) is 0 Å². The van der Waals surface area contributed by atoms with Gasteiger partial charge in [-0.25, -0.2) is 4.79 Å². The second-order valence-electron chi connectivity index (χ2n) is 3.30. The van der Waals surface area contributed by atoms with Crippen LogP contribution in [0.5, 0.6) is 11.5 Å². The van der Waals surface area contributed by atoms with Crippen LogP contribution in [0.1, 0.15) is 12.5 Å². The molecule has 0 amide bonds. The molecule has 2 N–H and O–H groups in total. The molecule has 0 fully saturated rings.